The molecule has 0 spiro atoms. The standard InChI is InChI=1S/C16H23NO3/c1-12-9-13(2)16(14(3)10-12)17(11-18)8-6-4-5-7-15(19)20/h9-11H,4-8H2,1-3H3,(H,19,20). The molecule has 1 N–H and O–H groups in total. The van der Waals surface area contributed by atoms with Crippen molar-refractivity contribution in [2.45, 2.75) is 46.5 Å². The lowest BCUT2D eigenvalue weighted by molar-refractivity contribution is -0.137. The summed E-state index contributed by atoms with van der Waals surface area (Å²) in [5.74, 6) is -0.762. The summed E-state index contributed by atoms with van der Waals surface area (Å²) in [6, 6.07) is 4.15. The molecule has 0 saturated heterocycles. The van der Waals surface area contributed by atoms with Crippen LogP contribution in [0, 0.1) is 20.8 Å². The normalized spacial score (nSPS) is 10.3. The first-order valence-corrected chi connectivity index (χ1v) is 6.97. The minimum atomic E-state index is -0.762. The largest absolute Gasteiger partial charge is 0.481 e. The van der Waals surface area contributed by atoms with Gasteiger partial charge in [0.05, 0.1) is 0 Å². The van der Waals surface area contributed by atoms with Gasteiger partial charge in [0, 0.05) is 18.7 Å². The smallest absolute Gasteiger partial charge is 0.303 e. The van der Waals surface area contributed by atoms with Gasteiger partial charge in [0.2, 0.25) is 6.41 Å². The zero-order valence-corrected chi connectivity index (χ0v) is 12.5. The Bertz CT molecular complexity index is 460. The molecule has 1 rings (SSSR count). The van der Waals surface area contributed by atoms with Crippen molar-refractivity contribution in [3.8, 4) is 0 Å². The second-order valence-corrected chi connectivity index (χ2v) is 5.25. The highest BCUT2D eigenvalue weighted by molar-refractivity contribution is 5.79. The van der Waals surface area contributed by atoms with Gasteiger partial charge < -0.3 is 10.0 Å². The summed E-state index contributed by atoms with van der Waals surface area (Å²) < 4.78 is 0. The number of carbonyl (C=O) groups excluding carboxylic acids is 1. The molecule has 0 bridgehead atoms. The van der Waals surface area contributed by atoms with Crippen molar-refractivity contribution in [2.75, 3.05) is 11.4 Å². The van der Waals surface area contributed by atoms with E-state index in [0.29, 0.717) is 13.0 Å². The molecule has 1 amide bonds. The van der Waals surface area contributed by atoms with Gasteiger partial charge in [-0.3, -0.25) is 9.59 Å². The molecule has 0 unspecified atom stereocenters. The maximum absolute atomic E-state index is 11.3. The zero-order chi connectivity index (χ0) is 15.1. The van der Waals surface area contributed by atoms with Crippen molar-refractivity contribution in [3.05, 3.63) is 28.8 Å². The van der Waals surface area contributed by atoms with Gasteiger partial charge in [-0.1, -0.05) is 24.1 Å². The van der Waals surface area contributed by atoms with Crippen LogP contribution in [-0.4, -0.2) is 24.0 Å². The van der Waals surface area contributed by atoms with Gasteiger partial charge in [0.15, 0.2) is 0 Å². The third-order valence-electron chi connectivity index (χ3n) is 3.34. The molecule has 0 saturated carbocycles. The first-order chi connectivity index (χ1) is 9.45. The van der Waals surface area contributed by atoms with Crippen molar-refractivity contribution in [3.63, 3.8) is 0 Å². The van der Waals surface area contributed by atoms with E-state index in [9.17, 15) is 9.59 Å². The van der Waals surface area contributed by atoms with Crippen molar-refractivity contribution in [1.82, 2.24) is 0 Å². The lowest BCUT2D eigenvalue weighted by Gasteiger charge is -2.22. The van der Waals surface area contributed by atoms with Crippen LogP contribution in [0.2, 0.25) is 0 Å². The molecule has 110 valence electrons. The zero-order valence-electron chi connectivity index (χ0n) is 12.5. The minimum absolute atomic E-state index is 0.198. The quantitative estimate of drug-likeness (QED) is 0.586. The predicted molar refractivity (Wildman–Crippen MR) is 80.2 cm³/mol. The van der Waals surface area contributed by atoms with E-state index >= 15 is 0 Å². The molecule has 0 radical (unpaired) electrons. The van der Waals surface area contributed by atoms with Gasteiger partial charge in [0.25, 0.3) is 0 Å². The van der Waals surface area contributed by atoms with Gasteiger partial charge in [0.1, 0.15) is 0 Å². The number of hydrogen-bond acceptors (Lipinski definition) is 2. The third kappa shape index (κ3) is 4.68. The van der Waals surface area contributed by atoms with Crippen LogP contribution in [0.15, 0.2) is 12.1 Å². The van der Waals surface area contributed by atoms with Crippen molar-refractivity contribution < 1.29 is 14.7 Å². The topological polar surface area (TPSA) is 57.6 Å². The third-order valence-corrected chi connectivity index (χ3v) is 3.34. The van der Waals surface area contributed by atoms with Crippen LogP contribution >= 0.6 is 0 Å². The first-order valence-electron chi connectivity index (χ1n) is 6.97. The van der Waals surface area contributed by atoms with E-state index in [0.717, 1.165) is 36.1 Å². The average Bonchev–Trinajstić information content (AvgIpc) is 2.34. The van der Waals surface area contributed by atoms with Crippen LogP contribution in [-0.2, 0) is 9.59 Å². The second kappa shape index (κ2) is 7.68. The summed E-state index contributed by atoms with van der Waals surface area (Å²) in [5, 5.41) is 8.58. The highest BCUT2D eigenvalue weighted by Gasteiger charge is 2.11. The average molecular weight is 277 g/mol. The minimum Gasteiger partial charge on any atom is -0.481 e. The number of benzene rings is 1. The lowest BCUT2D eigenvalue weighted by atomic mass is 10.0. The van der Waals surface area contributed by atoms with E-state index in [-0.39, 0.29) is 6.42 Å². The number of aliphatic carboxylic acids is 1. The Kier molecular flexibility index (Phi) is 6.22. The molecule has 0 heterocycles. The Labute approximate surface area is 120 Å². The molecule has 0 aliphatic rings. The number of aryl methyl sites for hydroxylation is 3. The predicted octanol–water partition coefficient (Wildman–Crippen LogP) is 3.22. The van der Waals surface area contributed by atoms with E-state index in [1.807, 2.05) is 20.8 Å². The lowest BCUT2D eigenvalue weighted by Crippen LogP contribution is -2.24. The SMILES string of the molecule is Cc1cc(C)c(N(C=O)CCCCCC(=O)O)c(C)c1. The van der Waals surface area contributed by atoms with Gasteiger partial charge in [-0.25, -0.2) is 0 Å². The van der Waals surface area contributed by atoms with Crippen LogP contribution in [0.3, 0.4) is 0 Å². The fraction of sp³-hybridized carbons (Fsp3) is 0.500. The number of carbonyl (C=O) groups is 2. The summed E-state index contributed by atoms with van der Waals surface area (Å²) in [6.45, 7) is 6.70. The summed E-state index contributed by atoms with van der Waals surface area (Å²) in [6.07, 6.45) is 3.36. The monoisotopic (exact) mass is 277 g/mol. The molecule has 4 nitrogen and oxygen atoms in total. The second-order valence-electron chi connectivity index (χ2n) is 5.25. The van der Waals surface area contributed by atoms with E-state index in [2.05, 4.69) is 12.1 Å². The van der Waals surface area contributed by atoms with Gasteiger partial charge in [-0.15, -0.1) is 0 Å². The molecule has 0 aromatic heterocycles. The number of anilines is 1. The number of unbranched alkanes of at least 4 members (excludes halogenated alkanes) is 2. The number of carboxylic acid groups (broad SMARTS) is 1. The van der Waals surface area contributed by atoms with Gasteiger partial charge in [-0.05, 0) is 44.7 Å². The molecule has 0 fully saturated rings. The molecular weight excluding hydrogens is 254 g/mol. The molecule has 0 atom stereocenters. The summed E-state index contributed by atoms with van der Waals surface area (Å²) >= 11 is 0. The summed E-state index contributed by atoms with van der Waals surface area (Å²) in [4.78, 5) is 23.5. The Morgan fingerprint density at radius 3 is 2.25 bits per heavy atom. The van der Waals surface area contributed by atoms with Crippen molar-refractivity contribution in [2.24, 2.45) is 0 Å². The number of carboxylic acids is 1. The van der Waals surface area contributed by atoms with Crippen LogP contribution < -0.4 is 4.90 Å². The maximum Gasteiger partial charge on any atom is 0.303 e. The van der Waals surface area contributed by atoms with Gasteiger partial charge in [-0.2, -0.15) is 0 Å². The van der Waals surface area contributed by atoms with Crippen LogP contribution in [0.5, 0.6) is 0 Å². The van der Waals surface area contributed by atoms with Crippen LogP contribution in [0.25, 0.3) is 0 Å². The van der Waals surface area contributed by atoms with Gasteiger partial charge >= 0.3 is 5.97 Å². The first kappa shape index (κ1) is 16.2. The fourth-order valence-electron chi connectivity index (χ4n) is 2.58. The maximum atomic E-state index is 11.3. The summed E-state index contributed by atoms with van der Waals surface area (Å²) in [7, 11) is 0. The Morgan fingerprint density at radius 1 is 1.15 bits per heavy atom. The van der Waals surface area contributed by atoms with Crippen LogP contribution in [0.4, 0.5) is 5.69 Å². The molecule has 0 aliphatic carbocycles. The van der Waals surface area contributed by atoms with E-state index in [1.54, 1.807) is 4.90 Å². The molecule has 4 heteroatoms. The van der Waals surface area contributed by atoms with Crippen LogP contribution in [0.1, 0.15) is 42.4 Å². The molecule has 20 heavy (non-hydrogen) atoms. The molecule has 0 aliphatic heterocycles. The molecule has 1 aromatic carbocycles. The van der Waals surface area contributed by atoms with Crippen molar-refractivity contribution >= 4 is 18.1 Å². The number of rotatable bonds is 8. The van der Waals surface area contributed by atoms with E-state index in [4.69, 9.17) is 5.11 Å². The number of nitrogens with zero attached hydrogens (tertiary/aromatic N) is 1. The Balaban J connectivity index is 2.63. The highest BCUT2D eigenvalue weighted by atomic mass is 16.4. The van der Waals surface area contributed by atoms with Crippen molar-refractivity contribution in [1.29, 1.82) is 0 Å². The highest BCUT2D eigenvalue weighted by Crippen LogP contribution is 2.25. The van der Waals surface area contributed by atoms with E-state index < -0.39 is 5.97 Å². The molecule has 1 aromatic rings. The Morgan fingerprint density at radius 2 is 1.75 bits per heavy atom. The number of hydrogen-bond donors (Lipinski definition) is 1. The Hall–Kier alpha value is -1.84. The number of amides is 1. The fourth-order valence-corrected chi connectivity index (χ4v) is 2.58. The summed E-state index contributed by atoms with van der Waals surface area (Å²) in [5.41, 5.74) is 4.36. The molecular formula is C16H23NO3. The van der Waals surface area contributed by atoms with E-state index in [1.165, 1.54) is 5.56 Å².